The Bertz CT molecular complexity index is 2730. The largest absolute Gasteiger partial charge is 0.381 e. The van der Waals surface area contributed by atoms with Crippen molar-refractivity contribution in [2.45, 2.75) is 57.5 Å². The van der Waals surface area contributed by atoms with E-state index in [1.807, 2.05) is 47.5 Å². The molecule has 9 rings (SSSR count). The monoisotopic (exact) mass is 922 g/mol. The summed E-state index contributed by atoms with van der Waals surface area (Å²) in [4.78, 5) is 40.4. The molecule has 0 radical (unpaired) electrons. The second-order valence-electron chi connectivity index (χ2n) is 18.3. The van der Waals surface area contributed by atoms with E-state index in [0.717, 1.165) is 92.7 Å². The zero-order chi connectivity index (χ0) is 45.3. The molecule has 0 bridgehead atoms. The average Bonchev–Trinajstić information content (AvgIpc) is 3.66. The van der Waals surface area contributed by atoms with E-state index >= 15 is 0 Å². The number of halogens is 1. The van der Waals surface area contributed by atoms with E-state index in [9.17, 15) is 23.3 Å². The number of nitrogens with zero attached hydrogens (tertiary/aromatic N) is 5. The Morgan fingerprint density at radius 2 is 1.74 bits per heavy atom. The number of nitro benzene ring substituents is 1. The lowest BCUT2D eigenvalue weighted by molar-refractivity contribution is -0.384. The van der Waals surface area contributed by atoms with Gasteiger partial charge in [-0.2, -0.15) is 0 Å². The number of carbonyl (C=O) groups is 1. The van der Waals surface area contributed by atoms with Crippen molar-refractivity contribution >= 4 is 72.6 Å². The van der Waals surface area contributed by atoms with Crippen LogP contribution >= 0.6 is 11.6 Å². The van der Waals surface area contributed by atoms with E-state index in [2.05, 4.69) is 50.8 Å². The molecule has 2 aromatic heterocycles. The first kappa shape index (κ1) is 44.7. The number of nitro groups is 1. The Morgan fingerprint density at radius 1 is 0.954 bits per heavy atom. The van der Waals surface area contributed by atoms with Gasteiger partial charge in [0.05, 0.1) is 45.7 Å². The van der Waals surface area contributed by atoms with Gasteiger partial charge < -0.3 is 29.6 Å². The van der Waals surface area contributed by atoms with Crippen LogP contribution in [-0.4, -0.2) is 99.8 Å². The van der Waals surface area contributed by atoms with Gasteiger partial charge in [0, 0.05) is 87.4 Å². The molecule has 0 unspecified atom stereocenters. The van der Waals surface area contributed by atoms with Gasteiger partial charge >= 0.3 is 0 Å². The molecule has 17 heteroatoms. The van der Waals surface area contributed by atoms with Crippen LogP contribution in [0.2, 0.25) is 5.02 Å². The summed E-state index contributed by atoms with van der Waals surface area (Å²) in [6.07, 6.45) is 6.67. The smallest absolute Gasteiger partial charge is 0.293 e. The molecule has 342 valence electrons. The molecule has 3 aliphatic heterocycles. The van der Waals surface area contributed by atoms with E-state index in [1.165, 1.54) is 28.8 Å². The maximum absolute atomic E-state index is 14.4. The van der Waals surface area contributed by atoms with E-state index in [4.69, 9.17) is 26.1 Å². The first-order valence-electron chi connectivity index (χ1n) is 22.4. The fraction of sp³-hybridized carbons (Fsp3) is 0.417. The van der Waals surface area contributed by atoms with Crippen molar-refractivity contribution in [3.8, 4) is 0 Å². The second kappa shape index (κ2) is 18.8. The van der Waals surface area contributed by atoms with E-state index < -0.39 is 31.4 Å². The highest BCUT2D eigenvalue weighted by atomic mass is 35.5. The fourth-order valence-corrected chi connectivity index (χ4v) is 10.6. The first-order chi connectivity index (χ1) is 31.3. The van der Waals surface area contributed by atoms with E-state index in [-0.39, 0.29) is 29.2 Å². The van der Waals surface area contributed by atoms with Crippen molar-refractivity contribution in [3.05, 3.63) is 117 Å². The molecule has 3 aromatic carbocycles. The molecule has 5 heterocycles. The van der Waals surface area contributed by atoms with Gasteiger partial charge in [-0.05, 0) is 109 Å². The third-order valence-corrected chi connectivity index (χ3v) is 14.8. The van der Waals surface area contributed by atoms with Crippen LogP contribution in [0.1, 0.15) is 67.6 Å². The Hall–Kier alpha value is -5.52. The Balaban J connectivity index is 0.986. The quantitative estimate of drug-likeness (QED) is 0.0805. The number of anilines is 4. The number of nitrogens with one attached hydrogen (secondary N) is 3. The van der Waals surface area contributed by atoms with Gasteiger partial charge in [0.25, 0.3) is 21.6 Å². The van der Waals surface area contributed by atoms with Crippen molar-refractivity contribution in [2.75, 3.05) is 80.8 Å². The summed E-state index contributed by atoms with van der Waals surface area (Å²) in [5.41, 5.74) is 7.78. The number of aromatic amines is 1. The van der Waals surface area contributed by atoms with Crippen molar-refractivity contribution in [2.24, 2.45) is 11.3 Å². The zero-order valence-electron chi connectivity index (χ0n) is 36.8. The van der Waals surface area contributed by atoms with Gasteiger partial charge in [-0.25, -0.2) is 18.1 Å². The number of hydrogen-bond acceptors (Lipinski definition) is 12. The predicted molar refractivity (Wildman–Crippen MR) is 254 cm³/mol. The number of benzene rings is 3. The highest BCUT2D eigenvalue weighted by Gasteiger charge is 2.32. The normalized spacial score (nSPS) is 18.6. The summed E-state index contributed by atoms with van der Waals surface area (Å²) in [5, 5.41) is 16.9. The molecule has 5 aromatic rings. The molecule has 0 spiro atoms. The predicted octanol–water partition coefficient (Wildman–Crippen LogP) is 8.54. The van der Waals surface area contributed by atoms with Gasteiger partial charge in [-0.15, -0.1) is 0 Å². The number of allylic oxidation sites excluding steroid dienone is 1. The molecule has 65 heavy (non-hydrogen) atoms. The number of carbonyl (C=O) groups excluding carboxylic acids is 1. The van der Waals surface area contributed by atoms with Crippen LogP contribution in [-0.2, 0) is 26.1 Å². The summed E-state index contributed by atoms with van der Waals surface area (Å²) >= 11 is 6.27. The van der Waals surface area contributed by atoms with Crippen molar-refractivity contribution in [3.63, 3.8) is 0 Å². The van der Waals surface area contributed by atoms with Crippen LogP contribution in [0.25, 0.3) is 16.6 Å². The van der Waals surface area contributed by atoms with Crippen LogP contribution in [0.15, 0.2) is 89.5 Å². The number of amides is 1. The number of rotatable bonds is 12. The molecule has 0 saturated carbocycles. The van der Waals surface area contributed by atoms with Crippen molar-refractivity contribution < 1.29 is 27.6 Å². The lowest BCUT2D eigenvalue weighted by Crippen LogP contribution is -2.47. The fourth-order valence-electron chi connectivity index (χ4n) is 9.49. The number of ether oxygens (including phenoxy) is 2. The molecular weight excluding hydrogens is 868 g/mol. The zero-order valence-corrected chi connectivity index (χ0v) is 38.3. The molecule has 1 aliphatic carbocycles. The number of hydrogen-bond donors (Lipinski definition) is 3. The summed E-state index contributed by atoms with van der Waals surface area (Å²) in [7, 11) is -4.57. The lowest BCUT2D eigenvalue weighted by Gasteiger charge is -2.39. The summed E-state index contributed by atoms with van der Waals surface area (Å²) < 4.78 is 41.5. The maximum Gasteiger partial charge on any atom is 0.293 e. The van der Waals surface area contributed by atoms with Crippen LogP contribution in [0.5, 0.6) is 0 Å². The molecular formula is C48H55ClN8O7S. The third-order valence-electron chi connectivity index (χ3n) is 13.3. The molecule has 2 saturated heterocycles. The van der Waals surface area contributed by atoms with Gasteiger partial charge in [0.2, 0.25) is 0 Å². The molecule has 4 aliphatic rings. The highest BCUT2D eigenvalue weighted by molar-refractivity contribution is 7.90. The van der Waals surface area contributed by atoms with Crippen LogP contribution in [0.4, 0.5) is 28.4 Å². The Labute approximate surface area is 384 Å². The minimum Gasteiger partial charge on any atom is -0.381 e. The van der Waals surface area contributed by atoms with Gasteiger partial charge in [-0.1, -0.05) is 43.2 Å². The Kier molecular flexibility index (Phi) is 12.9. The second-order valence-corrected chi connectivity index (χ2v) is 20.4. The minimum atomic E-state index is -4.57. The number of aromatic nitrogens is 2. The average molecular weight is 924 g/mol. The Morgan fingerprint density at radius 3 is 2.51 bits per heavy atom. The van der Waals surface area contributed by atoms with Crippen LogP contribution < -0.4 is 19.8 Å². The van der Waals surface area contributed by atoms with E-state index in [1.54, 1.807) is 6.07 Å². The number of H-pyrrole nitrogens is 1. The standard InChI is InChI=1S/C48H55ClN8O7S/c1-48(2)15-11-35(40(28-48)33-3-5-36(49)6-4-33)30-54-17-19-55(20-18-54)37-7-9-39(43(26-37)56-21-24-64-31-42-44(56)25-34-12-16-50-46(34)52-42)47(58)53-65(61,62)38-8-10-41(45(27-38)57(59)60)51-29-32-13-22-63-23-14-32/h3-10,12,16,25-27,32,51H,11,13-15,17-24,28-31H2,1-2H3,(H,50,52)(H,53,58). The third kappa shape index (κ3) is 10.0. The molecule has 15 nitrogen and oxygen atoms in total. The number of fused-ring (bicyclic) bond motifs is 2. The van der Waals surface area contributed by atoms with Crippen LogP contribution in [0.3, 0.4) is 0 Å². The molecule has 1 amide bonds. The summed E-state index contributed by atoms with van der Waals surface area (Å²) in [6, 6.07) is 21.3. The van der Waals surface area contributed by atoms with Gasteiger partial charge in [-0.3, -0.25) is 19.8 Å². The van der Waals surface area contributed by atoms with Crippen molar-refractivity contribution in [1.82, 2.24) is 19.6 Å². The summed E-state index contributed by atoms with van der Waals surface area (Å²) in [6.45, 7) is 11.4. The SMILES string of the molecule is CC1(C)CCC(CN2CCN(c3ccc(C(=O)NS(=O)(=O)c4ccc(NCC5CCOCC5)c([N+](=O)[O-])c4)c(N4CCOCc5nc6[nH]ccc6cc54)c3)CC2)=C(c2ccc(Cl)cc2)C1. The van der Waals surface area contributed by atoms with Crippen molar-refractivity contribution in [1.29, 1.82) is 0 Å². The van der Waals surface area contributed by atoms with Crippen LogP contribution in [0, 0.1) is 21.4 Å². The number of piperazine rings is 1. The molecule has 3 N–H and O–H groups in total. The molecule has 0 atom stereocenters. The molecule has 2 fully saturated rings. The maximum atomic E-state index is 14.4. The van der Waals surface area contributed by atoms with Gasteiger partial charge in [0.15, 0.2) is 0 Å². The minimum absolute atomic E-state index is 0.115. The number of pyridine rings is 1. The number of sulfonamides is 1. The summed E-state index contributed by atoms with van der Waals surface area (Å²) in [5.74, 6) is -0.598. The first-order valence-corrected chi connectivity index (χ1v) is 24.2. The van der Waals surface area contributed by atoms with E-state index in [0.29, 0.717) is 49.9 Å². The topological polar surface area (TPSA) is 175 Å². The lowest BCUT2D eigenvalue weighted by atomic mass is 9.72. The highest BCUT2D eigenvalue weighted by Crippen LogP contribution is 2.44. The van der Waals surface area contributed by atoms with Gasteiger partial charge in [0.1, 0.15) is 11.3 Å².